The van der Waals surface area contributed by atoms with Crippen LogP contribution in [0.5, 0.6) is 0 Å². The molecule has 0 aliphatic rings. The minimum absolute atomic E-state index is 0.00369. The van der Waals surface area contributed by atoms with Gasteiger partial charge in [-0.15, -0.1) is 0 Å². The Labute approximate surface area is 107 Å². The molecule has 5 heteroatoms. The van der Waals surface area contributed by atoms with E-state index in [1.165, 1.54) is 6.92 Å². The number of hydrogen-bond acceptors (Lipinski definition) is 2. The molecule has 1 aromatic carbocycles. The SMILES string of the molecule is CC(=O)CCC(=O)Nc1ccc(Br)c(Cl)c1. The molecule has 1 amide bonds. The van der Waals surface area contributed by atoms with Crippen LogP contribution in [0.4, 0.5) is 5.69 Å². The highest BCUT2D eigenvalue weighted by Gasteiger charge is 2.05. The average molecular weight is 305 g/mol. The van der Waals surface area contributed by atoms with Crippen molar-refractivity contribution in [3.05, 3.63) is 27.7 Å². The molecular formula is C11H11BrClNO2. The summed E-state index contributed by atoms with van der Waals surface area (Å²) in [5, 5.41) is 3.20. The maximum atomic E-state index is 11.4. The maximum Gasteiger partial charge on any atom is 0.224 e. The third-order valence-electron chi connectivity index (χ3n) is 1.91. The van der Waals surface area contributed by atoms with Crippen LogP contribution in [-0.2, 0) is 9.59 Å². The van der Waals surface area contributed by atoms with Crippen molar-refractivity contribution in [1.29, 1.82) is 0 Å². The molecule has 0 aliphatic carbocycles. The van der Waals surface area contributed by atoms with Crippen molar-refractivity contribution in [2.24, 2.45) is 0 Å². The van der Waals surface area contributed by atoms with E-state index in [9.17, 15) is 9.59 Å². The van der Waals surface area contributed by atoms with E-state index in [1.807, 2.05) is 0 Å². The van der Waals surface area contributed by atoms with Crippen LogP contribution in [0.2, 0.25) is 5.02 Å². The number of rotatable bonds is 4. The molecular weight excluding hydrogens is 293 g/mol. The Hall–Kier alpha value is -0.870. The zero-order valence-electron chi connectivity index (χ0n) is 8.72. The summed E-state index contributed by atoms with van der Waals surface area (Å²) < 4.78 is 0.774. The Bertz CT molecular complexity index is 420. The largest absolute Gasteiger partial charge is 0.326 e. The van der Waals surface area contributed by atoms with Crippen molar-refractivity contribution in [2.45, 2.75) is 19.8 Å². The fourth-order valence-electron chi connectivity index (χ4n) is 1.09. The van der Waals surface area contributed by atoms with Crippen molar-refractivity contribution in [3.63, 3.8) is 0 Å². The Morgan fingerprint density at radius 1 is 1.38 bits per heavy atom. The summed E-state index contributed by atoms with van der Waals surface area (Å²) in [6, 6.07) is 5.14. The highest BCUT2D eigenvalue weighted by atomic mass is 79.9. The molecule has 1 aromatic rings. The molecule has 0 bridgehead atoms. The summed E-state index contributed by atoms with van der Waals surface area (Å²) >= 11 is 9.13. The number of nitrogens with one attached hydrogen (secondary N) is 1. The number of benzene rings is 1. The summed E-state index contributed by atoms with van der Waals surface area (Å²) in [4.78, 5) is 22.1. The number of amides is 1. The van der Waals surface area contributed by atoms with E-state index in [0.717, 1.165) is 4.47 Å². The van der Waals surface area contributed by atoms with E-state index in [4.69, 9.17) is 11.6 Å². The minimum atomic E-state index is -0.186. The zero-order valence-corrected chi connectivity index (χ0v) is 11.1. The molecule has 1 rings (SSSR count). The quantitative estimate of drug-likeness (QED) is 0.926. The van der Waals surface area contributed by atoms with Crippen LogP contribution in [0.1, 0.15) is 19.8 Å². The molecule has 0 saturated heterocycles. The number of Topliss-reactive ketones (excluding diaryl/α,β-unsaturated/α-hetero) is 1. The fraction of sp³-hybridized carbons (Fsp3) is 0.273. The van der Waals surface area contributed by atoms with Crippen molar-refractivity contribution in [1.82, 2.24) is 0 Å². The number of hydrogen-bond donors (Lipinski definition) is 1. The predicted octanol–water partition coefficient (Wildman–Crippen LogP) is 3.41. The van der Waals surface area contributed by atoms with Crippen LogP contribution in [0.3, 0.4) is 0 Å². The summed E-state index contributed by atoms with van der Waals surface area (Å²) in [5.74, 6) is -0.183. The molecule has 3 nitrogen and oxygen atoms in total. The van der Waals surface area contributed by atoms with Crippen molar-refractivity contribution >= 4 is 44.9 Å². The molecule has 0 spiro atoms. The van der Waals surface area contributed by atoms with Crippen molar-refractivity contribution in [3.8, 4) is 0 Å². The number of anilines is 1. The monoisotopic (exact) mass is 303 g/mol. The third-order valence-corrected chi connectivity index (χ3v) is 3.14. The fourth-order valence-corrected chi connectivity index (χ4v) is 1.51. The Morgan fingerprint density at radius 2 is 2.06 bits per heavy atom. The molecule has 0 unspecified atom stereocenters. The molecule has 0 fully saturated rings. The van der Waals surface area contributed by atoms with E-state index in [1.54, 1.807) is 18.2 Å². The van der Waals surface area contributed by atoms with Crippen LogP contribution in [0.15, 0.2) is 22.7 Å². The van der Waals surface area contributed by atoms with Crippen molar-refractivity contribution in [2.75, 3.05) is 5.32 Å². The highest BCUT2D eigenvalue weighted by molar-refractivity contribution is 9.10. The topological polar surface area (TPSA) is 46.2 Å². The van der Waals surface area contributed by atoms with Gasteiger partial charge in [0.25, 0.3) is 0 Å². The first-order chi connectivity index (χ1) is 7.49. The first kappa shape index (κ1) is 13.2. The first-order valence-corrected chi connectivity index (χ1v) is 5.90. The van der Waals surface area contributed by atoms with Gasteiger partial charge in [-0.25, -0.2) is 0 Å². The smallest absolute Gasteiger partial charge is 0.224 e. The van der Waals surface area contributed by atoms with Crippen LogP contribution in [0.25, 0.3) is 0 Å². The normalized spacial score (nSPS) is 9.94. The molecule has 16 heavy (non-hydrogen) atoms. The summed E-state index contributed by atoms with van der Waals surface area (Å²) in [6.45, 7) is 1.46. The molecule has 0 atom stereocenters. The van der Waals surface area contributed by atoms with Gasteiger partial charge in [0, 0.05) is 23.0 Å². The molecule has 0 radical (unpaired) electrons. The van der Waals surface area contributed by atoms with E-state index in [2.05, 4.69) is 21.2 Å². The van der Waals surface area contributed by atoms with Gasteiger partial charge in [-0.1, -0.05) is 11.6 Å². The second-order valence-electron chi connectivity index (χ2n) is 3.38. The van der Waals surface area contributed by atoms with E-state index in [-0.39, 0.29) is 24.5 Å². The van der Waals surface area contributed by atoms with Gasteiger partial charge in [0.05, 0.1) is 5.02 Å². The van der Waals surface area contributed by atoms with Gasteiger partial charge in [-0.2, -0.15) is 0 Å². The first-order valence-electron chi connectivity index (χ1n) is 4.73. The van der Waals surface area contributed by atoms with Gasteiger partial charge in [0.1, 0.15) is 5.78 Å². The van der Waals surface area contributed by atoms with Gasteiger partial charge >= 0.3 is 0 Å². The van der Waals surface area contributed by atoms with Crippen LogP contribution >= 0.6 is 27.5 Å². The molecule has 0 saturated carbocycles. The molecule has 0 heterocycles. The lowest BCUT2D eigenvalue weighted by Crippen LogP contribution is -2.12. The lowest BCUT2D eigenvalue weighted by molar-refractivity contribution is -0.121. The van der Waals surface area contributed by atoms with Gasteiger partial charge < -0.3 is 10.1 Å². The Kier molecular flexibility index (Phi) is 4.96. The predicted molar refractivity (Wildman–Crippen MR) is 67.7 cm³/mol. The van der Waals surface area contributed by atoms with Gasteiger partial charge in [-0.3, -0.25) is 4.79 Å². The molecule has 1 N–H and O–H groups in total. The highest BCUT2D eigenvalue weighted by Crippen LogP contribution is 2.25. The summed E-state index contributed by atoms with van der Waals surface area (Å²) in [6.07, 6.45) is 0.457. The van der Waals surface area contributed by atoms with Crippen LogP contribution in [-0.4, -0.2) is 11.7 Å². The summed E-state index contributed by atoms with van der Waals surface area (Å²) in [7, 11) is 0. The Morgan fingerprint density at radius 3 is 2.62 bits per heavy atom. The van der Waals surface area contributed by atoms with E-state index in [0.29, 0.717) is 10.7 Å². The standard InChI is InChI=1S/C11H11BrClNO2/c1-7(15)2-5-11(16)14-8-3-4-9(12)10(13)6-8/h3-4,6H,2,5H2,1H3,(H,14,16). The number of halogens is 2. The minimum Gasteiger partial charge on any atom is -0.326 e. The molecule has 0 aliphatic heterocycles. The van der Waals surface area contributed by atoms with Crippen LogP contribution < -0.4 is 5.32 Å². The molecule has 0 aromatic heterocycles. The zero-order chi connectivity index (χ0) is 12.1. The Balaban J connectivity index is 2.56. The summed E-state index contributed by atoms with van der Waals surface area (Å²) in [5.41, 5.74) is 0.627. The maximum absolute atomic E-state index is 11.4. The second-order valence-corrected chi connectivity index (χ2v) is 4.64. The van der Waals surface area contributed by atoms with Gasteiger partial charge in [-0.05, 0) is 41.1 Å². The molecule has 86 valence electrons. The lowest BCUT2D eigenvalue weighted by Gasteiger charge is -2.05. The van der Waals surface area contributed by atoms with Crippen molar-refractivity contribution < 1.29 is 9.59 Å². The van der Waals surface area contributed by atoms with Gasteiger partial charge in [0.15, 0.2) is 0 Å². The average Bonchev–Trinajstić information content (AvgIpc) is 2.21. The third kappa shape index (κ3) is 4.33. The number of carbonyl (C=O) groups excluding carboxylic acids is 2. The lowest BCUT2D eigenvalue weighted by atomic mass is 10.2. The number of ketones is 1. The number of carbonyl (C=O) groups is 2. The van der Waals surface area contributed by atoms with E-state index >= 15 is 0 Å². The van der Waals surface area contributed by atoms with Gasteiger partial charge in [0.2, 0.25) is 5.91 Å². The van der Waals surface area contributed by atoms with E-state index < -0.39 is 0 Å². The second kappa shape index (κ2) is 6.01. The van der Waals surface area contributed by atoms with Crippen LogP contribution in [0, 0.1) is 0 Å².